The van der Waals surface area contributed by atoms with E-state index in [4.69, 9.17) is 4.74 Å². The van der Waals surface area contributed by atoms with Gasteiger partial charge in [0.2, 0.25) is 0 Å². The van der Waals surface area contributed by atoms with Crippen LogP contribution in [0.3, 0.4) is 0 Å². The molecule has 5 heteroatoms. The quantitative estimate of drug-likeness (QED) is 0.390. The molecule has 0 saturated heterocycles. The smallest absolute Gasteiger partial charge is 0.256 e. The van der Waals surface area contributed by atoms with Crippen LogP contribution >= 0.6 is 0 Å². The first-order chi connectivity index (χ1) is 17.1. The van der Waals surface area contributed by atoms with Crippen molar-refractivity contribution in [1.29, 1.82) is 0 Å². The predicted octanol–water partition coefficient (Wildman–Crippen LogP) is 4.88. The van der Waals surface area contributed by atoms with E-state index in [0.29, 0.717) is 12.1 Å². The van der Waals surface area contributed by atoms with Gasteiger partial charge < -0.3 is 14.7 Å². The number of aliphatic hydroxyl groups excluding tert-OH is 1. The van der Waals surface area contributed by atoms with E-state index >= 15 is 0 Å². The molecule has 1 aliphatic heterocycles. The lowest BCUT2D eigenvalue weighted by molar-refractivity contribution is 0.0472. The van der Waals surface area contributed by atoms with Gasteiger partial charge in [-0.15, -0.1) is 0 Å². The van der Waals surface area contributed by atoms with Crippen molar-refractivity contribution in [2.75, 3.05) is 13.7 Å². The molecule has 1 heterocycles. The Bertz CT molecular complexity index is 1290. The van der Waals surface area contributed by atoms with Crippen molar-refractivity contribution in [3.63, 3.8) is 0 Å². The number of fused-ring (bicyclic) bond motifs is 1. The number of carbonyl (C=O) groups excluding carboxylic acids is 1. The maximum atomic E-state index is 13.8. The first kappa shape index (κ1) is 22.8. The number of rotatable bonds is 8. The van der Waals surface area contributed by atoms with Gasteiger partial charge in [-0.2, -0.15) is 0 Å². The molecule has 2 atom stereocenters. The van der Waals surface area contributed by atoms with Crippen molar-refractivity contribution >= 4 is 5.91 Å². The maximum absolute atomic E-state index is 13.8. The Balaban J connectivity index is 1.57. The Morgan fingerprint density at radius 1 is 0.857 bits per heavy atom. The molecular formula is C30H28N2O3. The van der Waals surface area contributed by atoms with Crippen molar-refractivity contribution in [2.24, 2.45) is 0 Å². The highest BCUT2D eigenvalue weighted by Gasteiger charge is 2.50. The van der Waals surface area contributed by atoms with Crippen LogP contribution in [-0.4, -0.2) is 29.6 Å². The summed E-state index contributed by atoms with van der Waals surface area (Å²) in [5.41, 5.74) is 3.36. The monoisotopic (exact) mass is 464 g/mol. The lowest BCUT2D eigenvalue weighted by Gasteiger charge is -2.41. The number of aliphatic hydroxyl groups is 1. The Labute approximate surface area is 205 Å². The zero-order valence-corrected chi connectivity index (χ0v) is 19.6. The Hall–Kier alpha value is -3.93. The molecule has 2 N–H and O–H groups in total. The molecule has 0 bridgehead atoms. The Morgan fingerprint density at radius 2 is 1.49 bits per heavy atom. The summed E-state index contributed by atoms with van der Waals surface area (Å²) in [7, 11) is 1.62. The van der Waals surface area contributed by atoms with Crippen molar-refractivity contribution in [2.45, 2.75) is 18.3 Å². The van der Waals surface area contributed by atoms with E-state index in [-0.39, 0.29) is 12.5 Å². The predicted molar refractivity (Wildman–Crippen MR) is 136 cm³/mol. The topological polar surface area (TPSA) is 61.8 Å². The summed E-state index contributed by atoms with van der Waals surface area (Å²) in [5.74, 6) is 0.693. The van der Waals surface area contributed by atoms with Gasteiger partial charge in [-0.3, -0.25) is 10.1 Å². The third kappa shape index (κ3) is 4.20. The van der Waals surface area contributed by atoms with E-state index in [1.807, 2.05) is 114 Å². The molecule has 0 aromatic heterocycles. The molecule has 0 fully saturated rings. The van der Waals surface area contributed by atoms with Gasteiger partial charge in [-0.1, -0.05) is 91.0 Å². The second-order valence-corrected chi connectivity index (χ2v) is 8.67. The van der Waals surface area contributed by atoms with Crippen molar-refractivity contribution in [1.82, 2.24) is 10.2 Å². The fourth-order valence-electron chi connectivity index (χ4n) is 4.86. The van der Waals surface area contributed by atoms with Crippen LogP contribution in [-0.2, 0) is 12.2 Å². The van der Waals surface area contributed by atoms with E-state index in [1.165, 1.54) is 0 Å². The van der Waals surface area contributed by atoms with E-state index in [9.17, 15) is 9.90 Å². The molecule has 0 saturated carbocycles. The lowest BCUT2D eigenvalue weighted by Crippen LogP contribution is -2.55. The van der Waals surface area contributed by atoms with Gasteiger partial charge in [-0.05, 0) is 34.9 Å². The van der Waals surface area contributed by atoms with E-state index in [0.717, 1.165) is 28.0 Å². The summed E-state index contributed by atoms with van der Waals surface area (Å²) in [6.45, 7) is 0.670. The summed E-state index contributed by atoms with van der Waals surface area (Å²) in [4.78, 5) is 15.7. The molecule has 0 spiro atoms. The first-order valence-corrected chi connectivity index (χ1v) is 11.7. The van der Waals surface area contributed by atoms with Gasteiger partial charge in [-0.25, -0.2) is 0 Å². The van der Waals surface area contributed by atoms with E-state index in [2.05, 4.69) is 5.32 Å². The van der Waals surface area contributed by atoms with E-state index in [1.54, 1.807) is 7.11 Å². The molecular weight excluding hydrogens is 436 g/mol. The molecule has 35 heavy (non-hydrogen) atoms. The molecule has 4 aromatic carbocycles. The highest BCUT2D eigenvalue weighted by molar-refractivity contribution is 6.00. The van der Waals surface area contributed by atoms with Gasteiger partial charge >= 0.3 is 0 Å². The van der Waals surface area contributed by atoms with Crippen molar-refractivity contribution < 1.29 is 14.6 Å². The van der Waals surface area contributed by atoms with Crippen molar-refractivity contribution in [3.8, 4) is 5.75 Å². The van der Waals surface area contributed by atoms with Crippen LogP contribution in [0.1, 0.15) is 38.7 Å². The van der Waals surface area contributed by atoms with Crippen molar-refractivity contribution in [3.05, 3.63) is 137 Å². The van der Waals surface area contributed by atoms with Crippen LogP contribution in [0.4, 0.5) is 0 Å². The number of methoxy groups -OCH3 is 1. The van der Waals surface area contributed by atoms with Gasteiger partial charge in [0, 0.05) is 24.2 Å². The number of amides is 1. The molecule has 1 amide bonds. The summed E-state index contributed by atoms with van der Waals surface area (Å²) in [5, 5.41) is 14.7. The lowest BCUT2D eigenvalue weighted by atomic mass is 9.89. The molecule has 0 radical (unpaired) electrons. The average molecular weight is 465 g/mol. The SMILES string of the molecule is COc1ccc(C(O)CNC2(c3ccccc3)c3ccccc3C(=O)N2Cc2ccccc2)cc1. The van der Waals surface area contributed by atoms with Crippen LogP contribution < -0.4 is 10.1 Å². The highest BCUT2D eigenvalue weighted by atomic mass is 16.5. The summed E-state index contributed by atoms with van der Waals surface area (Å²) in [6, 6.07) is 35.1. The van der Waals surface area contributed by atoms with Gasteiger partial charge in [0.05, 0.1) is 13.2 Å². The normalized spacial score (nSPS) is 17.8. The van der Waals surface area contributed by atoms with Crippen LogP contribution in [0.15, 0.2) is 109 Å². The second-order valence-electron chi connectivity index (χ2n) is 8.67. The summed E-state index contributed by atoms with van der Waals surface area (Å²) >= 11 is 0. The van der Waals surface area contributed by atoms with Gasteiger partial charge in [0.1, 0.15) is 11.4 Å². The number of nitrogens with zero attached hydrogens (tertiary/aromatic N) is 1. The zero-order chi connectivity index (χ0) is 24.3. The van der Waals surface area contributed by atoms with Crippen LogP contribution in [0.2, 0.25) is 0 Å². The van der Waals surface area contributed by atoms with Gasteiger partial charge in [0.25, 0.3) is 5.91 Å². The standard InChI is InChI=1S/C30H28N2O3/c1-35-25-18-16-23(17-19-25)28(33)20-31-30(24-12-6-3-7-13-24)27-15-9-8-14-26(27)29(34)32(30)21-22-10-4-2-5-11-22/h2-19,28,31,33H,20-21H2,1H3. The molecule has 1 aliphatic rings. The molecule has 5 rings (SSSR count). The molecule has 5 nitrogen and oxygen atoms in total. The zero-order valence-electron chi connectivity index (χ0n) is 19.6. The number of carbonyl (C=O) groups is 1. The van der Waals surface area contributed by atoms with Crippen LogP contribution in [0.5, 0.6) is 5.75 Å². The minimum atomic E-state index is -0.932. The fraction of sp³-hybridized carbons (Fsp3) is 0.167. The Kier molecular flexibility index (Phi) is 6.36. The third-order valence-electron chi connectivity index (χ3n) is 6.62. The second kappa shape index (κ2) is 9.74. The van der Waals surface area contributed by atoms with Crippen LogP contribution in [0.25, 0.3) is 0 Å². The molecule has 4 aromatic rings. The third-order valence-corrected chi connectivity index (χ3v) is 6.62. The molecule has 176 valence electrons. The number of hydrogen-bond donors (Lipinski definition) is 2. The minimum absolute atomic E-state index is 0.0419. The van der Waals surface area contributed by atoms with Gasteiger partial charge in [0.15, 0.2) is 0 Å². The maximum Gasteiger partial charge on any atom is 0.256 e. The number of ether oxygens (including phenoxy) is 1. The Morgan fingerprint density at radius 3 is 2.17 bits per heavy atom. The number of hydrogen-bond acceptors (Lipinski definition) is 4. The largest absolute Gasteiger partial charge is 0.497 e. The molecule has 0 aliphatic carbocycles. The summed E-state index contributed by atoms with van der Waals surface area (Å²) < 4.78 is 5.24. The fourth-order valence-corrected chi connectivity index (χ4v) is 4.86. The highest BCUT2D eigenvalue weighted by Crippen LogP contribution is 2.43. The number of benzene rings is 4. The molecule has 2 unspecified atom stereocenters. The van der Waals surface area contributed by atoms with Crippen LogP contribution in [0, 0.1) is 0 Å². The summed E-state index contributed by atoms with van der Waals surface area (Å²) in [6.07, 6.45) is -0.775. The average Bonchev–Trinajstić information content (AvgIpc) is 3.16. The van der Waals surface area contributed by atoms with E-state index < -0.39 is 11.8 Å². The number of nitrogens with one attached hydrogen (secondary N) is 1. The first-order valence-electron chi connectivity index (χ1n) is 11.7. The minimum Gasteiger partial charge on any atom is -0.497 e.